The van der Waals surface area contributed by atoms with Crippen LogP contribution in [0.4, 0.5) is 0 Å². The van der Waals surface area contributed by atoms with Crippen molar-refractivity contribution < 1.29 is 14.4 Å². The number of aliphatic hydroxyl groups is 1. The van der Waals surface area contributed by atoms with E-state index in [1.165, 1.54) is 0 Å². The van der Waals surface area contributed by atoms with Gasteiger partial charge >= 0.3 is 0 Å². The predicted octanol–water partition coefficient (Wildman–Crippen LogP) is 5.97. The average Bonchev–Trinajstić information content (AvgIpc) is 3.45. The lowest BCUT2D eigenvalue weighted by Gasteiger charge is -2.38. The van der Waals surface area contributed by atoms with Crippen LogP contribution in [0.5, 0.6) is 5.75 Å². The number of nitrogens with one attached hydrogen (secondary N) is 1. The van der Waals surface area contributed by atoms with E-state index in [1.807, 2.05) is 6.07 Å². The lowest BCUT2D eigenvalue weighted by molar-refractivity contribution is -0.0145. The van der Waals surface area contributed by atoms with Crippen LogP contribution in [0, 0.1) is 0 Å². The molecule has 9 heteroatoms. The summed E-state index contributed by atoms with van der Waals surface area (Å²) in [5.74, 6) is 1.76. The van der Waals surface area contributed by atoms with E-state index in [1.54, 1.807) is 30.3 Å². The molecule has 5 rings (SSSR count). The highest BCUT2D eigenvalue weighted by Crippen LogP contribution is 2.46. The molecule has 2 N–H and O–H groups in total. The maximum absolute atomic E-state index is 10.5. The van der Waals surface area contributed by atoms with Gasteiger partial charge in [0, 0.05) is 30.1 Å². The molecular weight excluding hydrogens is 482 g/mol. The van der Waals surface area contributed by atoms with Crippen LogP contribution in [0.2, 0.25) is 15.1 Å². The zero-order chi connectivity index (χ0) is 20.9. The number of rotatable bonds is 6. The molecule has 2 heterocycles. The fourth-order valence-electron chi connectivity index (χ4n) is 3.72. The molecule has 31 heavy (non-hydrogen) atoms. The molecular formula is C22H20Cl4N2O3. The van der Waals surface area contributed by atoms with Crippen LogP contribution >= 0.6 is 47.2 Å². The van der Waals surface area contributed by atoms with E-state index in [9.17, 15) is 5.11 Å². The van der Waals surface area contributed by atoms with Crippen molar-refractivity contribution in [2.45, 2.75) is 31.0 Å². The summed E-state index contributed by atoms with van der Waals surface area (Å²) in [5.41, 5.74) is 1.86. The molecule has 2 aromatic carbocycles. The predicted molar refractivity (Wildman–Crippen MR) is 124 cm³/mol. The number of ether oxygens (including phenoxy) is 1. The van der Waals surface area contributed by atoms with E-state index in [2.05, 4.69) is 10.5 Å². The molecule has 1 saturated heterocycles. The van der Waals surface area contributed by atoms with Crippen molar-refractivity contribution in [2.24, 2.45) is 0 Å². The topological polar surface area (TPSA) is 67.5 Å². The Morgan fingerprint density at radius 1 is 1.10 bits per heavy atom. The lowest BCUT2D eigenvalue weighted by Crippen LogP contribution is -2.56. The lowest BCUT2D eigenvalue weighted by atomic mass is 9.88. The van der Waals surface area contributed by atoms with Gasteiger partial charge in [0.15, 0.2) is 0 Å². The number of nitrogens with zero attached hydrogens (tertiary/aromatic N) is 1. The van der Waals surface area contributed by atoms with Crippen molar-refractivity contribution in [3.05, 3.63) is 68.4 Å². The third kappa shape index (κ3) is 4.28. The fraction of sp³-hybridized carbons (Fsp3) is 0.318. The third-order valence-corrected chi connectivity index (χ3v) is 6.57. The molecule has 164 valence electrons. The molecule has 2 fully saturated rings. The molecule has 0 amide bonds. The molecule has 3 aromatic rings. The number of benzene rings is 2. The minimum atomic E-state index is -0.919. The molecule has 0 radical (unpaired) electrons. The van der Waals surface area contributed by atoms with Crippen molar-refractivity contribution in [1.82, 2.24) is 10.5 Å². The highest BCUT2D eigenvalue weighted by Gasteiger charge is 2.38. The van der Waals surface area contributed by atoms with Crippen molar-refractivity contribution in [3.63, 3.8) is 0 Å². The first-order chi connectivity index (χ1) is 14.5. The molecule has 5 nitrogen and oxygen atoms in total. The largest absolute Gasteiger partial charge is 0.489 e. The highest BCUT2D eigenvalue weighted by atomic mass is 35.5. The molecule has 0 atom stereocenters. The molecule has 1 aliphatic heterocycles. The second-order valence-corrected chi connectivity index (χ2v) is 9.03. The Balaban J connectivity index is 0.00000231. The monoisotopic (exact) mass is 500 g/mol. The summed E-state index contributed by atoms with van der Waals surface area (Å²) in [7, 11) is 0. The van der Waals surface area contributed by atoms with Crippen LogP contribution in [0.25, 0.3) is 11.3 Å². The van der Waals surface area contributed by atoms with Gasteiger partial charge in [0.25, 0.3) is 0 Å². The molecule has 1 saturated carbocycles. The SMILES string of the molecule is Cl.OC1(c2ccc(OCc3c(-c4c(Cl)cccc4Cl)noc3C3CC3)cc2Cl)CNC1. The number of halogens is 4. The van der Waals surface area contributed by atoms with Crippen LogP contribution in [0.3, 0.4) is 0 Å². The van der Waals surface area contributed by atoms with Gasteiger partial charge in [-0.1, -0.05) is 52.1 Å². The maximum atomic E-state index is 10.5. The second kappa shape index (κ2) is 8.81. The Labute approximate surface area is 201 Å². The third-order valence-electron chi connectivity index (χ3n) is 5.63. The number of hydrogen-bond donors (Lipinski definition) is 2. The first-order valence-electron chi connectivity index (χ1n) is 9.75. The highest BCUT2D eigenvalue weighted by molar-refractivity contribution is 6.39. The summed E-state index contributed by atoms with van der Waals surface area (Å²) in [6.45, 7) is 1.22. The smallest absolute Gasteiger partial charge is 0.147 e. The molecule has 0 spiro atoms. The Hall–Kier alpha value is -1.47. The van der Waals surface area contributed by atoms with Gasteiger partial charge in [-0.25, -0.2) is 0 Å². The van der Waals surface area contributed by atoms with Gasteiger partial charge in [-0.05, 0) is 37.1 Å². The van der Waals surface area contributed by atoms with E-state index >= 15 is 0 Å². The molecule has 2 aliphatic rings. The van der Waals surface area contributed by atoms with Crippen molar-refractivity contribution in [1.29, 1.82) is 0 Å². The van der Waals surface area contributed by atoms with Gasteiger partial charge in [-0.3, -0.25) is 0 Å². The Morgan fingerprint density at radius 3 is 2.39 bits per heavy atom. The minimum Gasteiger partial charge on any atom is -0.489 e. The number of β-amino-alcohol motifs (C(OH)–C–C–N with tert-alkyl or cyclic N) is 1. The van der Waals surface area contributed by atoms with Crippen LogP contribution in [0.1, 0.15) is 35.6 Å². The molecule has 0 unspecified atom stereocenters. The van der Waals surface area contributed by atoms with Crippen LogP contribution in [-0.4, -0.2) is 23.4 Å². The van der Waals surface area contributed by atoms with E-state index in [-0.39, 0.29) is 19.0 Å². The second-order valence-electron chi connectivity index (χ2n) is 7.81. The summed E-state index contributed by atoms with van der Waals surface area (Å²) in [5, 5.41) is 19.3. The summed E-state index contributed by atoms with van der Waals surface area (Å²) < 4.78 is 11.7. The van der Waals surface area contributed by atoms with Gasteiger partial charge in [0.2, 0.25) is 0 Å². The Kier molecular flexibility index (Phi) is 6.46. The van der Waals surface area contributed by atoms with Gasteiger partial charge in [-0.2, -0.15) is 0 Å². The standard InChI is InChI=1S/C22H19Cl3N2O3.ClH/c23-16-2-1-3-17(24)19(16)20-14(21(30-27-20)12-4-5-12)9-29-13-6-7-15(18(25)8-13)22(28)10-26-11-22;/h1-3,6-8,12,26,28H,4-5,9-11H2;1H. The Bertz CT molecular complexity index is 1090. The van der Waals surface area contributed by atoms with Gasteiger partial charge in [0.1, 0.15) is 29.4 Å². The zero-order valence-electron chi connectivity index (χ0n) is 16.3. The summed E-state index contributed by atoms with van der Waals surface area (Å²) in [4.78, 5) is 0. The van der Waals surface area contributed by atoms with Crippen LogP contribution in [0.15, 0.2) is 40.9 Å². The van der Waals surface area contributed by atoms with Crippen LogP contribution in [-0.2, 0) is 12.2 Å². The molecule has 1 aliphatic carbocycles. The average molecular weight is 502 g/mol. The summed E-state index contributed by atoms with van der Waals surface area (Å²) in [6, 6.07) is 10.7. The normalized spacial score (nSPS) is 17.0. The number of aromatic nitrogens is 1. The summed E-state index contributed by atoms with van der Waals surface area (Å²) >= 11 is 19.2. The van der Waals surface area contributed by atoms with Gasteiger partial charge in [0.05, 0.1) is 20.6 Å². The first-order valence-corrected chi connectivity index (χ1v) is 10.9. The number of hydrogen-bond acceptors (Lipinski definition) is 5. The Morgan fingerprint density at radius 2 is 1.81 bits per heavy atom. The first kappa shape index (κ1) is 22.7. The van der Waals surface area contributed by atoms with E-state index in [0.717, 1.165) is 24.2 Å². The van der Waals surface area contributed by atoms with E-state index in [4.69, 9.17) is 44.1 Å². The zero-order valence-corrected chi connectivity index (χ0v) is 19.4. The van der Waals surface area contributed by atoms with Crippen molar-refractivity contribution in [3.8, 4) is 17.0 Å². The van der Waals surface area contributed by atoms with Crippen molar-refractivity contribution >= 4 is 47.2 Å². The summed E-state index contributed by atoms with van der Waals surface area (Å²) in [6.07, 6.45) is 2.12. The molecule has 1 aromatic heterocycles. The van der Waals surface area contributed by atoms with E-state index in [0.29, 0.717) is 56.6 Å². The van der Waals surface area contributed by atoms with E-state index < -0.39 is 5.60 Å². The minimum absolute atomic E-state index is 0. The van der Waals surface area contributed by atoms with Gasteiger partial charge in [-0.15, -0.1) is 12.4 Å². The van der Waals surface area contributed by atoms with Crippen molar-refractivity contribution in [2.75, 3.05) is 13.1 Å². The fourth-order valence-corrected chi connectivity index (χ4v) is 4.64. The van der Waals surface area contributed by atoms with Gasteiger partial charge < -0.3 is 19.7 Å². The molecule has 0 bridgehead atoms. The quantitative estimate of drug-likeness (QED) is 0.435. The van der Waals surface area contributed by atoms with Crippen LogP contribution < -0.4 is 10.1 Å². The maximum Gasteiger partial charge on any atom is 0.147 e.